The van der Waals surface area contributed by atoms with Crippen LogP contribution in [0.3, 0.4) is 0 Å². The van der Waals surface area contributed by atoms with Crippen LogP contribution in [0.15, 0.2) is 18.2 Å². The molecule has 0 saturated heterocycles. The smallest absolute Gasteiger partial charge is 0.257 e. The number of hydrogen-bond donors (Lipinski definition) is 0. The van der Waals surface area contributed by atoms with E-state index in [0.29, 0.717) is 22.1 Å². The molecule has 19 heavy (non-hydrogen) atoms. The fourth-order valence-corrected chi connectivity index (χ4v) is 3.53. The molecule has 0 aliphatic heterocycles. The molecule has 1 aromatic rings. The Hall–Kier alpha value is -1.03. The zero-order valence-electron chi connectivity index (χ0n) is 11.6. The van der Waals surface area contributed by atoms with Gasteiger partial charge < -0.3 is 9.64 Å². The summed E-state index contributed by atoms with van der Waals surface area (Å²) in [6.07, 6.45) is 2.31. The van der Waals surface area contributed by atoms with Crippen molar-refractivity contribution < 1.29 is 9.53 Å². The molecule has 1 fully saturated rings. The molecule has 1 saturated carbocycles. The monoisotopic (exact) mass is 325 g/mol. The molecular weight excluding hydrogens is 306 g/mol. The van der Waals surface area contributed by atoms with E-state index in [1.165, 1.54) is 0 Å². The van der Waals surface area contributed by atoms with E-state index in [2.05, 4.69) is 15.9 Å². The molecule has 0 spiro atoms. The molecule has 1 aliphatic rings. The highest BCUT2D eigenvalue weighted by Crippen LogP contribution is 2.34. The summed E-state index contributed by atoms with van der Waals surface area (Å²) in [7, 11) is 3.47. The third-order valence-corrected chi connectivity index (χ3v) is 4.39. The molecule has 1 amide bonds. The molecule has 0 atom stereocenters. The number of carbonyl (C=O) groups excluding carboxylic acids is 1. The summed E-state index contributed by atoms with van der Waals surface area (Å²) >= 11 is 3.58. The molecular formula is C15H20BrNO2. The number of halogens is 1. The largest absolute Gasteiger partial charge is 0.496 e. The molecule has 0 radical (unpaired) electrons. The Labute approximate surface area is 123 Å². The van der Waals surface area contributed by atoms with E-state index in [1.807, 2.05) is 32.2 Å². The minimum Gasteiger partial charge on any atom is -0.496 e. The van der Waals surface area contributed by atoms with Gasteiger partial charge in [-0.25, -0.2) is 0 Å². The number of amides is 1. The van der Waals surface area contributed by atoms with Crippen LogP contribution in [0.25, 0.3) is 0 Å². The first-order chi connectivity index (χ1) is 9.01. The second kappa shape index (κ2) is 5.95. The number of benzene rings is 1. The Morgan fingerprint density at radius 3 is 2.74 bits per heavy atom. The number of alkyl halides is 1. The lowest BCUT2D eigenvalue weighted by Gasteiger charge is -2.34. The molecule has 2 rings (SSSR count). The normalized spacial score (nSPS) is 21.7. The molecule has 4 heteroatoms. The summed E-state index contributed by atoms with van der Waals surface area (Å²) < 4.78 is 5.28. The summed E-state index contributed by atoms with van der Waals surface area (Å²) in [6, 6.07) is 5.71. The summed E-state index contributed by atoms with van der Waals surface area (Å²) in [4.78, 5) is 14.9. The van der Waals surface area contributed by atoms with Gasteiger partial charge in [0.15, 0.2) is 0 Å². The average molecular weight is 326 g/mol. The Kier molecular flexibility index (Phi) is 4.50. The lowest BCUT2D eigenvalue weighted by molar-refractivity contribution is 0.0745. The number of aryl methyl sites for hydroxylation is 1. The van der Waals surface area contributed by atoms with E-state index < -0.39 is 0 Å². The number of nitrogens with zero attached hydrogens (tertiary/aromatic N) is 1. The molecule has 3 nitrogen and oxygen atoms in total. The van der Waals surface area contributed by atoms with E-state index >= 15 is 0 Å². The minimum atomic E-state index is 0.0403. The van der Waals surface area contributed by atoms with Crippen LogP contribution in [0, 0.1) is 12.8 Å². The summed E-state index contributed by atoms with van der Waals surface area (Å²) in [5.41, 5.74) is 1.72. The fourth-order valence-electron chi connectivity index (χ4n) is 2.47. The highest BCUT2D eigenvalue weighted by molar-refractivity contribution is 9.09. The van der Waals surface area contributed by atoms with E-state index in [4.69, 9.17) is 4.74 Å². The third kappa shape index (κ3) is 3.30. The molecule has 104 valence electrons. The van der Waals surface area contributed by atoms with Gasteiger partial charge >= 0.3 is 0 Å². The number of methoxy groups -OCH3 is 1. The van der Waals surface area contributed by atoms with Crippen molar-refractivity contribution in [1.29, 1.82) is 0 Å². The van der Waals surface area contributed by atoms with Gasteiger partial charge in [0, 0.05) is 18.4 Å². The third-order valence-electron chi connectivity index (χ3n) is 3.64. The zero-order valence-corrected chi connectivity index (χ0v) is 13.2. The Morgan fingerprint density at radius 1 is 1.47 bits per heavy atom. The highest BCUT2D eigenvalue weighted by Gasteiger charge is 2.29. The first-order valence-electron chi connectivity index (χ1n) is 6.55. The fraction of sp³-hybridized carbons (Fsp3) is 0.533. The maximum atomic E-state index is 12.5. The Bertz CT molecular complexity index is 469. The summed E-state index contributed by atoms with van der Waals surface area (Å²) in [6.45, 7) is 2.80. The van der Waals surface area contributed by atoms with Crippen LogP contribution in [0.4, 0.5) is 0 Å². The molecule has 0 heterocycles. The van der Waals surface area contributed by atoms with Crippen molar-refractivity contribution in [3.63, 3.8) is 0 Å². The lowest BCUT2D eigenvalue weighted by atomic mass is 9.85. The van der Waals surface area contributed by atoms with E-state index in [9.17, 15) is 4.79 Å². The first-order valence-corrected chi connectivity index (χ1v) is 7.47. The van der Waals surface area contributed by atoms with Crippen molar-refractivity contribution in [1.82, 2.24) is 4.90 Å². The van der Waals surface area contributed by atoms with E-state index in [-0.39, 0.29) is 5.91 Å². The van der Waals surface area contributed by atoms with Crippen molar-refractivity contribution in [2.75, 3.05) is 20.7 Å². The number of ether oxygens (including phenoxy) is 1. The SMILES string of the molecule is COc1ccc(C)cc1C(=O)N(C)CC1CC(Br)C1. The number of hydrogen-bond acceptors (Lipinski definition) is 2. The second-order valence-corrected chi connectivity index (χ2v) is 6.62. The average Bonchev–Trinajstić information content (AvgIpc) is 2.35. The quantitative estimate of drug-likeness (QED) is 0.795. The van der Waals surface area contributed by atoms with Crippen LogP contribution < -0.4 is 4.74 Å². The summed E-state index contributed by atoms with van der Waals surface area (Å²) in [5, 5.41) is 0. The highest BCUT2D eigenvalue weighted by atomic mass is 79.9. The first kappa shape index (κ1) is 14.4. The van der Waals surface area contributed by atoms with Crippen molar-refractivity contribution in [2.24, 2.45) is 5.92 Å². The van der Waals surface area contributed by atoms with Crippen LogP contribution in [-0.2, 0) is 0 Å². The number of rotatable bonds is 4. The van der Waals surface area contributed by atoms with Gasteiger partial charge in [0.25, 0.3) is 5.91 Å². The number of carbonyl (C=O) groups is 1. The van der Waals surface area contributed by atoms with Gasteiger partial charge in [-0.1, -0.05) is 27.6 Å². The maximum Gasteiger partial charge on any atom is 0.257 e. The van der Waals surface area contributed by atoms with Gasteiger partial charge in [-0.15, -0.1) is 0 Å². The topological polar surface area (TPSA) is 29.5 Å². The van der Waals surface area contributed by atoms with Crippen molar-refractivity contribution in [2.45, 2.75) is 24.6 Å². The van der Waals surface area contributed by atoms with Gasteiger partial charge in [-0.2, -0.15) is 0 Å². The van der Waals surface area contributed by atoms with Crippen LogP contribution in [0.1, 0.15) is 28.8 Å². The van der Waals surface area contributed by atoms with Crippen molar-refractivity contribution >= 4 is 21.8 Å². The van der Waals surface area contributed by atoms with E-state index in [1.54, 1.807) is 12.0 Å². The minimum absolute atomic E-state index is 0.0403. The standard InChI is InChI=1S/C15H20BrNO2/c1-10-4-5-14(19-3)13(6-10)15(18)17(2)9-11-7-12(16)8-11/h4-6,11-12H,7-9H2,1-3H3. The van der Waals surface area contributed by atoms with Gasteiger partial charge in [0.2, 0.25) is 0 Å². The van der Waals surface area contributed by atoms with Gasteiger partial charge in [-0.3, -0.25) is 4.79 Å². The molecule has 0 bridgehead atoms. The maximum absolute atomic E-state index is 12.5. The molecule has 0 N–H and O–H groups in total. The molecule has 0 unspecified atom stereocenters. The lowest BCUT2D eigenvalue weighted by Crippen LogP contribution is -2.37. The Balaban J connectivity index is 2.07. The van der Waals surface area contributed by atoms with Gasteiger partial charge in [0.1, 0.15) is 5.75 Å². The van der Waals surface area contributed by atoms with Crippen molar-refractivity contribution in [3.8, 4) is 5.75 Å². The van der Waals surface area contributed by atoms with Gasteiger partial charge in [-0.05, 0) is 37.8 Å². The zero-order chi connectivity index (χ0) is 14.0. The van der Waals surface area contributed by atoms with Crippen LogP contribution in [-0.4, -0.2) is 36.3 Å². The predicted molar refractivity (Wildman–Crippen MR) is 80.1 cm³/mol. The van der Waals surface area contributed by atoms with Crippen LogP contribution >= 0.6 is 15.9 Å². The molecule has 1 aromatic carbocycles. The Morgan fingerprint density at radius 2 is 2.16 bits per heavy atom. The molecule has 1 aliphatic carbocycles. The predicted octanol–water partition coefficient (Wildman–Crippen LogP) is 3.25. The molecule has 0 aromatic heterocycles. The summed E-state index contributed by atoms with van der Waals surface area (Å²) in [5.74, 6) is 1.31. The van der Waals surface area contributed by atoms with Crippen molar-refractivity contribution in [3.05, 3.63) is 29.3 Å². The van der Waals surface area contributed by atoms with E-state index in [0.717, 1.165) is 24.9 Å². The van der Waals surface area contributed by atoms with Crippen LogP contribution in [0.2, 0.25) is 0 Å². The second-order valence-electron chi connectivity index (χ2n) is 5.32. The van der Waals surface area contributed by atoms with Crippen LogP contribution in [0.5, 0.6) is 5.75 Å². The van der Waals surface area contributed by atoms with Gasteiger partial charge in [0.05, 0.1) is 12.7 Å².